The van der Waals surface area contributed by atoms with Crippen molar-refractivity contribution in [2.75, 3.05) is 36.5 Å². The van der Waals surface area contributed by atoms with Crippen LogP contribution in [-0.2, 0) is 11.3 Å². The Bertz CT molecular complexity index is 1070. The topological polar surface area (TPSA) is 36.5 Å². The molecule has 30 heavy (non-hydrogen) atoms. The molecule has 3 aliphatic heterocycles. The van der Waals surface area contributed by atoms with E-state index in [-0.39, 0.29) is 0 Å². The average molecular weight is 398 g/mol. The maximum Gasteiger partial charge on any atom is 0.0738 e. The summed E-state index contributed by atoms with van der Waals surface area (Å²) in [7, 11) is 0. The van der Waals surface area contributed by atoms with Gasteiger partial charge < -0.3 is 20.3 Å². The van der Waals surface area contributed by atoms with Gasteiger partial charge in [0.15, 0.2) is 0 Å². The standard InChI is InChI=1S/C26H27N3O/c1-2-5-18(6-3-1)19-7-4-8-21(13-19)28-22-14-20-17-30-12-11-29-25-9-10-27-16-24(25)23(15-22)26(20)29/h1-8,13-15,24-25,27-28H,9-12,16-17H2/t24-,25-/m0/s1. The Labute approximate surface area is 177 Å². The SMILES string of the molecule is c1ccc(-c2cccc(Nc3cc4c5c(c3)[C@@H]3CNCC[C@@H]3N5CCOC4)c2)cc1. The van der Waals surface area contributed by atoms with Crippen molar-refractivity contribution >= 4 is 17.1 Å². The molecule has 0 amide bonds. The Kier molecular flexibility index (Phi) is 4.47. The lowest BCUT2D eigenvalue weighted by atomic mass is 9.89. The largest absolute Gasteiger partial charge is 0.375 e. The van der Waals surface area contributed by atoms with Gasteiger partial charge in [0.1, 0.15) is 0 Å². The van der Waals surface area contributed by atoms with Gasteiger partial charge in [-0.25, -0.2) is 0 Å². The first-order valence-electron chi connectivity index (χ1n) is 11.0. The number of fused-ring (bicyclic) bond motifs is 3. The maximum absolute atomic E-state index is 5.96. The highest BCUT2D eigenvalue weighted by Gasteiger charge is 2.41. The molecule has 0 aromatic heterocycles. The predicted octanol–water partition coefficient (Wildman–Crippen LogP) is 4.89. The number of piperidine rings is 1. The molecule has 0 saturated carbocycles. The molecule has 1 fully saturated rings. The van der Waals surface area contributed by atoms with Crippen LogP contribution in [0, 0.1) is 0 Å². The fraction of sp³-hybridized carbons (Fsp3) is 0.308. The molecule has 3 aromatic carbocycles. The van der Waals surface area contributed by atoms with E-state index >= 15 is 0 Å². The minimum Gasteiger partial charge on any atom is -0.375 e. The lowest BCUT2D eigenvalue weighted by molar-refractivity contribution is 0.130. The molecule has 3 aromatic rings. The number of rotatable bonds is 3. The van der Waals surface area contributed by atoms with Crippen molar-refractivity contribution in [2.24, 2.45) is 0 Å². The number of nitrogens with one attached hydrogen (secondary N) is 2. The molecule has 2 atom stereocenters. The summed E-state index contributed by atoms with van der Waals surface area (Å²) in [6.07, 6.45) is 1.21. The van der Waals surface area contributed by atoms with Crippen molar-refractivity contribution in [2.45, 2.75) is 25.0 Å². The molecule has 3 heterocycles. The van der Waals surface area contributed by atoms with Crippen molar-refractivity contribution in [3.63, 3.8) is 0 Å². The van der Waals surface area contributed by atoms with Gasteiger partial charge in [-0.3, -0.25) is 0 Å². The minimum absolute atomic E-state index is 0.572. The summed E-state index contributed by atoms with van der Waals surface area (Å²) in [5, 5.41) is 7.29. The van der Waals surface area contributed by atoms with Crippen molar-refractivity contribution in [3.8, 4) is 11.1 Å². The summed E-state index contributed by atoms with van der Waals surface area (Å²) < 4.78 is 5.96. The van der Waals surface area contributed by atoms with Crippen LogP contribution in [0.3, 0.4) is 0 Å². The van der Waals surface area contributed by atoms with E-state index in [2.05, 4.69) is 82.3 Å². The van der Waals surface area contributed by atoms with Crippen molar-refractivity contribution in [3.05, 3.63) is 77.9 Å². The first-order valence-corrected chi connectivity index (χ1v) is 11.0. The Morgan fingerprint density at radius 1 is 0.933 bits per heavy atom. The fourth-order valence-corrected chi connectivity index (χ4v) is 5.43. The molecule has 0 spiro atoms. The number of benzene rings is 3. The van der Waals surface area contributed by atoms with Gasteiger partial charge in [0.05, 0.1) is 13.2 Å². The molecule has 6 rings (SSSR count). The number of nitrogens with zero attached hydrogens (tertiary/aromatic N) is 1. The van der Waals surface area contributed by atoms with E-state index in [9.17, 15) is 0 Å². The van der Waals surface area contributed by atoms with Gasteiger partial charge in [0.25, 0.3) is 0 Å². The fourth-order valence-electron chi connectivity index (χ4n) is 5.43. The van der Waals surface area contributed by atoms with Crippen LogP contribution in [0.1, 0.15) is 23.5 Å². The van der Waals surface area contributed by atoms with E-state index in [0.717, 1.165) is 37.6 Å². The molecule has 152 valence electrons. The summed E-state index contributed by atoms with van der Waals surface area (Å²) in [5.74, 6) is 0.572. The number of hydrogen-bond donors (Lipinski definition) is 2. The van der Waals surface area contributed by atoms with E-state index in [1.165, 1.54) is 34.4 Å². The third-order valence-electron chi connectivity index (χ3n) is 6.74. The summed E-state index contributed by atoms with van der Waals surface area (Å²) in [5.41, 5.74) is 8.98. The second kappa shape index (κ2) is 7.46. The first kappa shape index (κ1) is 18.0. The van der Waals surface area contributed by atoms with Crippen LogP contribution in [0.25, 0.3) is 11.1 Å². The third-order valence-corrected chi connectivity index (χ3v) is 6.74. The van der Waals surface area contributed by atoms with Crippen LogP contribution in [-0.4, -0.2) is 32.3 Å². The summed E-state index contributed by atoms with van der Waals surface area (Å²) >= 11 is 0. The van der Waals surface area contributed by atoms with Crippen LogP contribution in [0.5, 0.6) is 0 Å². The monoisotopic (exact) mass is 397 g/mol. The summed E-state index contributed by atoms with van der Waals surface area (Å²) in [6.45, 7) is 4.70. The minimum atomic E-state index is 0.572. The van der Waals surface area contributed by atoms with E-state index in [1.807, 2.05) is 0 Å². The van der Waals surface area contributed by atoms with Gasteiger partial charge in [0.2, 0.25) is 0 Å². The van der Waals surface area contributed by atoms with Crippen LogP contribution in [0.15, 0.2) is 66.7 Å². The Balaban J connectivity index is 1.36. The van der Waals surface area contributed by atoms with Gasteiger partial charge in [-0.2, -0.15) is 0 Å². The van der Waals surface area contributed by atoms with Crippen LogP contribution in [0.4, 0.5) is 17.1 Å². The smallest absolute Gasteiger partial charge is 0.0738 e. The van der Waals surface area contributed by atoms with Crippen LogP contribution < -0.4 is 15.5 Å². The molecule has 4 nitrogen and oxygen atoms in total. The van der Waals surface area contributed by atoms with Crippen LogP contribution in [0.2, 0.25) is 0 Å². The molecular formula is C26H27N3O. The lowest BCUT2D eigenvalue weighted by Crippen LogP contribution is -2.44. The molecule has 0 aliphatic carbocycles. The zero-order valence-corrected chi connectivity index (χ0v) is 17.1. The average Bonchev–Trinajstić information content (AvgIpc) is 2.95. The van der Waals surface area contributed by atoms with Crippen molar-refractivity contribution in [1.82, 2.24) is 5.32 Å². The summed E-state index contributed by atoms with van der Waals surface area (Å²) in [4.78, 5) is 2.63. The Morgan fingerprint density at radius 3 is 2.77 bits per heavy atom. The molecule has 0 bridgehead atoms. The van der Waals surface area contributed by atoms with Gasteiger partial charge in [0, 0.05) is 47.7 Å². The molecule has 1 saturated heterocycles. The Morgan fingerprint density at radius 2 is 1.83 bits per heavy atom. The van der Waals surface area contributed by atoms with Gasteiger partial charge >= 0.3 is 0 Å². The normalized spacial score (nSPS) is 22.2. The highest BCUT2D eigenvalue weighted by Crippen LogP contribution is 2.47. The highest BCUT2D eigenvalue weighted by molar-refractivity contribution is 5.76. The lowest BCUT2D eigenvalue weighted by Gasteiger charge is -2.33. The Hall–Kier alpha value is -2.82. The van der Waals surface area contributed by atoms with Crippen molar-refractivity contribution in [1.29, 1.82) is 0 Å². The third kappa shape index (κ3) is 3.08. The quantitative estimate of drug-likeness (QED) is 0.660. The zero-order valence-electron chi connectivity index (χ0n) is 17.1. The molecule has 3 aliphatic rings. The molecule has 2 N–H and O–H groups in total. The second-order valence-electron chi connectivity index (χ2n) is 8.56. The van der Waals surface area contributed by atoms with Crippen molar-refractivity contribution < 1.29 is 4.74 Å². The second-order valence-corrected chi connectivity index (χ2v) is 8.56. The first-order chi connectivity index (χ1) is 14.9. The predicted molar refractivity (Wildman–Crippen MR) is 123 cm³/mol. The van der Waals surface area contributed by atoms with E-state index in [1.54, 1.807) is 0 Å². The molecule has 0 radical (unpaired) electrons. The van der Waals surface area contributed by atoms with Gasteiger partial charge in [-0.1, -0.05) is 42.5 Å². The van der Waals surface area contributed by atoms with E-state index < -0.39 is 0 Å². The molecule has 4 heteroatoms. The number of ether oxygens (including phenoxy) is 1. The van der Waals surface area contributed by atoms with E-state index in [0.29, 0.717) is 18.6 Å². The zero-order chi connectivity index (χ0) is 19.9. The van der Waals surface area contributed by atoms with Gasteiger partial charge in [-0.15, -0.1) is 0 Å². The van der Waals surface area contributed by atoms with Crippen LogP contribution >= 0.6 is 0 Å². The maximum atomic E-state index is 5.96. The number of anilines is 3. The van der Waals surface area contributed by atoms with E-state index in [4.69, 9.17) is 4.74 Å². The highest BCUT2D eigenvalue weighted by atomic mass is 16.5. The molecule has 0 unspecified atom stereocenters. The molecular weight excluding hydrogens is 370 g/mol. The summed E-state index contributed by atoms with van der Waals surface area (Å²) in [6, 6.07) is 24.5. The van der Waals surface area contributed by atoms with Gasteiger partial charge in [-0.05, 0) is 53.9 Å². The number of hydrogen-bond acceptors (Lipinski definition) is 4.